The topological polar surface area (TPSA) is 126 Å². The van der Waals surface area contributed by atoms with Gasteiger partial charge in [0.2, 0.25) is 10.0 Å². The summed E-state index contributed by atoms with van der Waals surface area (Å²) in [5.41, 5.74) is 1.04. The van der Waals surface area contributed by atoms with Gasteiger partial charge in [0.15, 0.2) is 5.75 Å². The fraction of sp³-hybridized carbons (Fsp3) is 0.333. The molecule has 0 radical (unpaired) electrons. The number of ether oxygens (including phenoxy) is 2. The van der Waals surface area contributed by atoms with E-state index in [9.17, 15) is 18.5 Å². The molecular weight excluding hydrogens is 420 g/mol. The predicted molar refractivity (Wildman–Crippen MR) is 113 cm³/mol. The molecule has 1 atom stereocenters. The molecule has 1 fully saturated rings. The SMILES string of the molecule is COc1ccc(S(N)(=O)=O)c(OC)c1C(=O)N1CCN(Cc2ccccc2)[C@H](C#N)C1. The summed E-state index contributed by atoms with van der Waals surface area (Å²) in [4.78, 5) is 16.6. The Balaban J connectivity index is 1.89. The van der Waals surface area contributed by atoms with Crippen molar-refractivity contribution in [3.05, 3.63) is 53.6 Å². The summed E-state index contributed by atoms with van der Waals surface area (Å²) in [5, 5.41) is 15.0. The van der Waals surface area contributed by atoms with Gasteiger partial charge >= 0.3 is 0 Å². The van der Waals surface area contributed by atoms with E-state index >= 15 is 0 Å². The van der Waals surface area contributed by atoms with Crippen LogP contribution in [-0.4, -0.2) is 64.0 Å². The largest absolute Gasteiger partial charge is 0.496 e. The zero-order valence-corrected chi connectivity index (χ0v) is 18.1. The van der Waals surface area contributed by atoms with Crippen molar-refractivity contribution >= 4 is 15.9 Å². The number of nitrogens with zero attached hydrogens (tertiary/aromatic N) is 3. The number of hydrogen-bond donors (Lipinski definition) is 1. The smallest absolute Gasteiger partial charge is 0.261 e. The first kappa shape index (κ1) is 22.6. The molecule has 2 aromatic carbocycles. The van der Waals surface area contributed by atoms with Gasteiger partial charge in [0.1, 0.15) is 22.3 Å². The minimum Gasteiger partial charge on any atom is -0.496 e. The molecule has 164 valence electrons. The lowest BCUT2D eigenvalue weighted by Crippen LogP contribution is -2.53. The average molecular weight is 445 g/mol. The first-order valence-electron chi connectivity index (χ1n) is 9.54. The molecule has 1 heterocycles. The first-order chi connectivity index (χ1) is 14.8. The van der Waals surface area contributed by atoms with Gasteiger partial charge in [0, 0.05) is 26.2 Å². The Morgan fingerprint density at radius 3 is 2.45 bits per heavy atom. The second-order valence-corrected chi connectivity index (χ2v) is 8.60. The molecular formula is C21H24N4O5S. The Morgan fingerprint density at radius 2 is 1.87 bits per heavy atom. The zero-order chi connectivity index (χ0) is 22.6. The van der Waals surface area contributed by atoms with E-state index in [1.165, 1.54) is 31.3 Å². The van der Waals surface area contributed by atoms with E-state index in [4.69, 9.17) is 14.6 Å². The standard InChI is InChI=1S/C21H24N4O5S/c1-29-17-8-9-18(31(23,27)28)20(30-2)19(17)21(26)25-11-10-24(16(12-22)14-25)13-15-6-4-3-5-7-15/h3-9,16H,10-11,13-14H2,1-2H3,(H2,23,27,28)/t16-/m1/s1. The van der Waals surface area contributed by atoms with Crippen LogP contribution in [0.2, 0.25) is 0 Å². The molecule has 1 amide bonds. The minimum absolute atomic E-state index is 0.0373. The van der Waals surface area contributed by atoms with Crippen LogP contribution in [0.4, 0.5) is 0 Å². The fourth-order valence-electron chi connectivity index (χ4n) is 3.64. The molecule has 31 heavy (non-hydrogen) atoms. The highest BCUT2D eigenvalue weighted by Crippen LogP contribution is 2.35. The van der Waals surface area contributed by atoms with Crippen LogP contribution >= 0.6 is 0 Å². The molecule has 0 bridgehead atoms. The quantitative estimate of drug-likeness (QED) is 0.709. The summed E-state index contributed by atoms with van der Waals surface area (Å²) in [6.07, 6.45) is 0. The third-order valence-corrected chi connectivity index (χ3v) is 6.12. The number of amides is 1. The fourth-order valence-corrected chi connectivity index (χ4v) is 4.34. The lowest BCUT2D eigenvalue weighted by atomic mass is 10.1. The highest BCUT2D eigenvalue weighted by molar-refractivity contribution is 7.89. The van der Waals surface area contributed by atoms with E-state index in [2.05, 4.69) is 6.07 Å². The van der Waals surface area contributed by atoms with Crippen molar-refractivity contribution in [2.75, 3.05) is 33.9 Å². The van der Waals surface area contributed by atoms with Crippen molar-refractivity contribution in [2.24, 2.45) is 5.14 Å². The molecule has 0 aliphatic carbocycles. The monoisotopic (exact) mass is 444 g/mol. The van der Waals surface area contributed by atoms with Gasteiger partial charge in [0.25, 0.3) is 5.91 Å². The van der Waals surface area contributed by atoms with E-state index in [1.807, 2.05) is 35.2 Å². The number of primary sulfonamides is 1. The lowest BCUT2D eigenvalue weighted by molar-refractivity contribution is 0.0545. The van der Waals surface area contributed by atoms with Crippen LogP contribution in [-0.2, 0) is 16.6 Å². The second-order valence-electron chi connectivity index (χ2n) is 7.07. The summed E-state index contributed by atoms with van der Waals surface area (Å²) in [6.45, 7) is 1.59. The number of nitriles is 1. The molecule has 2 N–H and O–H groups in total. The number of benzene rings is 2. The van der Waals surface area contributed by atoms with Gasteiger partial charge < -0.3 is 14.4 Å². The number of hydrogen-bond acceptors (Lipinski definition) is 7. The van der Waals surface area contributed by atoms with Gasteiger partial charge in [-0.25, -0.2) is 13.6 Å². The van der Waals surface area contributed by atoms with Gasteiger partial charge in [0.05, 0.1) is 20.3 Å². The third-order valence-electron chi connectivity index (χ3n) is 5.18. The normalized spacial score (nSPS) is 17.1. The first-order valence-corrected chi connectivity index (χ1v) is 11.1. The molecule has 1 aliphatic rings. The molecule has 1 saturated heterocycles. The summed E-state index contributed by atoms with van der Waals surface area (Å²) < 4.78 is 34.5. The molecule has 0 saturated carbocycles. The number of piperazine rings is 1. The van der Waals surface area contributed by atoms with Crippen molar-refractivity contribution in [2.45, 2.75) is 17.5 Å². The van der Waals surface area contributed by atoms with Crippen molar-refractivity contribution in [1.82, 2.24) is 9.80 Å². The lowest BCUT2D eigenvalue weighted by Gasteiger charge is -2.38. The Kier molecular flexibility index (Phi) is 6.80. The van der Waals surface area contributed by atoms with Gasteiger partial charge in [-0.05, 0) is 17.7 Å². The van der Waals surface area contributed by atoms with E-state index in [-0.39, 0.29) is 28.5 Å². The molecule has 0 aromatic heterocycles. The number of carbonyl (C=O) groups excluding carboxylic acids is 1. The van der Waals surface area contributed by atoms with Crippen LogP contribution < -0.4 is 14.6 Å². The Hall–Kier alpha value is -3.13. The molecule has 3 rings (SSSR count). The van der Waals surface area contributed by atoms with Gasteiger partial charge in [-0.3, -0.25) is 9.69 Å². The van der Waals surface area contributed by atoms with Crippen LogP contribution in [0.3, 0.4) is 0 Å². The van der Waals surface area contributed by atoms with E-state index in [0.29, 0.717) is 19.6 Å². The highest BCUT2D eigenvalue weighted by Gasteiger charge is 2.34. The third kappa shape index (κ3) is 4.80. The van der Waals surface area contributed by atoms with Crippen molar-refractivity contribution in [3.8, 4) is 17.6 Å². The van der Waals surface area contributed by atoms with E-state index in [0.717, 1.165) is 5.56 Å². The maximum Gasteiger partial charge on any atom is 0.261 e. The summed E-state index contributed by atoms with van der Waals surface area (Å²) >= 11 is 0. The van der Waals surface area contributed by atoms with Crippen LogP contribution in [0.15, 0.2) is 47.4 Å². The van der Waals surface area contributed by atoms with Crippen molar-refractivity contribution < 1.29 is 22.7 Å². The zero-order valence-electron chi connectivity index (χ0n) is 17.3. The van der Waals surface area contributed by atoms with Gasteiger partial charge in [-0.15, -0.1) is 0 Å². The molecule has 1 aliphatic heterocycles. The maximum absolute atomic E-state index is 13.4. The van der Waals surface area contributed by atoms with Gasteiger partial charge in [-0.1, -0.05) is 30.3 Å². The van der Waals surface area contributed by atoms with Crippen LogP contribution in [0.1, 0.15) is 15.9 Å². The molecule has 0 spiro atoms. The van der Waals surface area contributed by atoms with Crippen LogP contribution in [0.25, 0.3) is 0 Å². The van der Waals surface area contributed by atoms with Gasteiger partial charge in [-0.2, -0.15) is 5.26 Å². The molecule has 9 nitrogen and oxygen atoms in total. The Bertz CT molecular complexity index is 1100. The summed E-state index contributed by atoms with van der Waals surface area (Å²) in [5.74, 6) is -0.500. The molecule has 2 aromatic rings. The maximum atomic E-state index is 13.4. The second kappa shape index (κ2) is 9.34. The number of sulfonamides is 1. The number of carbonyl (C=O) groups is 1. The number of rotatable bonds is 6. The van der Waals surface area contributed by atoms with E-state index in [1.54, 1.807) is 0 Å². The number of nitrogens with two attached hydrogens (primary N) is 1. The van der Waals surface area contributed by atoms with Crippen LogP contribution in [0, 0.1) is 11.3 Å². The van der Waals surface area contributed by atoms with Crippen LogP contribution in [0.5, 0.6) is 11.5 Å². The number of methoxy groups -OCH3 is 2. The Labute approximate surface area is 181 Å². The average Bonchev–Trinajstić information content (AvgIpc) is 2.77. The minimum atomic E-state index is -4.13. The van der Waals surface area contributed by atoms with Crippen molar-refractivity contribution in [3.63, 3.8) is 0 Å². The summed E-state index contributed by atoms with van der Waals surface area (Å²) in [6, 6.07) is 14.1. The van der Waals surface area contributed by atoms with Crippen molar-refractivity contribution in [1.29, 1.82) is 5.26 Å². The Morgan fingerprint density at radius 1 is 1.16 bits per heavy atom. The molecule has 0 unspecified atom stereocenters. The van der Waals surface area contributed by atoms with E-state index < -0.39 is 22.0 Å². The molecule has 10 heteroatoms. The highest BCUT2D eigenvalue weighted by atomic mass is 32.2. The predicted octanol–water partition coefficient (Wildman–Crippen LogP) is 1.20. The summed E-state index contributed by atoms with van der Waals surface area (Å²) in [7, 11) is -1.49.